The number of thioether (sulfide) groups is 1. The van der Waals surface area contributed by atoms with Crippen molar-refractivity contribution < 1.29 is 0 Å². The lowest BCUT2D eigenvalue weighted by Crippen LogP contribution is -1.93. The van der Waals surface area contributed by atoms with Crippen LogP contribution in [0.4, 0.5) is 0 Å². The zero-order valence-corrected chi connectivity index (χ0v) is 11.2. The Hall–Kier alpha value is -1.35. The van der Waals surface area contributed by atoms with Crippen molar-refractivity contribution in [1.82, 2.24) is 9.97 Å². The van der Waals surface area contributed by atoms with Gasteiger partial charge in [-0.15, -0.1) is 0 Å². The van der Waals surface area contributed by atoms with Gasteiger partial charge >= 0.3 is 0 Å². The standard InChI is InChI=1S/C14H16N2S/c1-10-5-4-6-13(7-10)9-17-14-15-11(2)8-12(3)16-14/h4-8H,9H2,1-3H3. The number of rotatable bonds is 3. The Labute approximate surface area is 107 Å². The van der Waals surface area contributed by atoms with Crippen LogP contribution in [0.25, 0.3) is 0 Å². The third-order valence-electron chi connectivity index (χ3n) is 2.41. The third kappa shape index (κ3) is 3.56. The Morgan fingerprint density at radius 1 is 1.00 bits per heavy atom. The Bertz CT molecular complexity index is 503. The summed E-state index contributed by atoms with van der Waals surface area (Å²) in [5, 5.41) is 0.865. The zero-order chi connectivity index (χ0) is 12.3. The molecule has 0 fully saturated rings. The summed E-state index contributed by atoms with van der Waals surface area (Å²) in [5.41, 5.74) is 4.68. The van der Waals surface area contributed by atoms with Crippen LogP contribution in [0.15, 0.2) is 35.5 Å². The van der Waals surface area contributed by atoms with E-state index in [0.717, 1.165) is 22.3 Å². The maximum atomic E-state index is 4.42. The fourth-order valence-electron chi connectivity index (χ4n) is 1.71. The maximum absolute atomic E-state index is 4.42. The quantitative estimate of drug-likeness (QED) is 0.608. The number of nitrogens with zero attached hydrogens (tertiary/aromatic N) is 2. The van der Waals surface area contributed by atoms with E-state index in [-0.39, 0.29) is 0 Å². The molecule has 0 amide bonds. The van der Waals surface area contributed by atoms with Gasteiger partial charge in [0.15, 0.2) is 5.16 Å². The molecule has 1 heterocycles. The first-order valence-corrected chi connectivity index (χ1v) is 6.63. The number of aromatic nitrogens is 2. The van der Waals surface area contributed by atoms with Crippen LogP contribution >= 0.6 is 11.8 Å². The van der Waals surface area contributed by atoms with Gasteiger partial charge in [-0.2, -0.15) is 0 Å². The van der Waals surface area contributed by atoms with Crippen molar-refractivity contribution in [1.29, 1.82) is 0 Å². The van der Waals surface area contributed by atoms with Gasteiger partial charge in [0.1, 0.15) is 0 Å². The molecular formula is C14H16N2S. The van der Waals surface area contributed by atoms with Gasteiger partial charge in [0.05, 0.1) is 0 Å². The van der Waals surface area contributed by atoms with Gasteiger partial charge in [-0.3, -0.25) is 0 Å². The molecule has 2 aromatic rings. The zero-order valence-electron chi connectivity index (χ0n) is 10.4. The minimum atomic E-state index is 0.865. The molecule has 0 aliphatic carbocycles. The van der Waals surface area contributed by atoms with Gasteiger partial charge in [0.25, 0.3) is 0 Å². The van der Waals surface area contributed by atoms with Crippen LogP contribution in [0.1, 0.15) is 22.5 Å². The number of hydrogen-bond donors (Lipinski definition) is 0. The lowest BCUT2D eigenvalue weighted by molar-refractivity contribution is 0.902. The predicted molar refractivity (Wildman–Crippen MR) is 72.2 cm³/mol. The minimum absolute atomic E-state index is 0.865. The molecule has 2 rings (SSSR count). The van der Waals surface area contributed by atoms with Crippen LogP contribution in [0.2, 0.25) is 0 Å². The lowest BCUT2D eigenvalue weighted by atomic mass is 10.2. The molecule has 3 heteroatoms. The van der Waals surface area contributed by atoms with E-state index in [9.17, 15) is 0 Å². The molecule has 88 valence electrons. The number of hydrogen-bond acceptors (Lipinski definition) is 3. The first-order chi connectivity index (χ1) is 8.13. The summed E-state index contributed by atoms with van der Waals surface area (Å²) in [5.74, 6) is 0.921. The molecule has 0 aliphatic rings. The summed E-state index contributed by atoms with van der Waals surface area (Å²) >= 11 is 1.69. The number of benzene rings is 1. The second-order valence-corrected chi connectivity index (χ2v) is 5.15. The van der Waals surface area contributed by atoms with Crippen LogP contribution in [0.3, 0.4) is 0 Å². The largest absolute Gasteiger partial charge is 0.228 e. The van der Waals surface area contributed by atoms with E-state index < -0.39 is 0 Å². The van der Waals surface area contributed by atoms with Crippen LogP contribution < -0.4 is 0 Å². The summed E-state index contributed by atoms with van der Waals surface area (Å²) in [4.78, 5) is 8.85. The molecule has 0 saturated heterocycles. The smallest absolute Gasteiger partial charge is 0.188 e. The monoisotopic (exact) mass is 244 g/mol. The van der Waals surface area contributed by atoms with Gasteiger partial charge < -0.3 is 0 Å². The summed E-state index contributed by atoms with van der Waals surface area (Å²) in [7, 11) is 0. The van der Waals surface area contributed by atoms with Crippen molar-refractivity contribution >= 4 is 11.8 Å². The molecule has 0 bridgehead atoms. The summed E-state index contributed by atoms with van der Waals surface area (Å²) in [6.45, 7) is 6.12. The van der Waals surface area contributed by atoms with Crippen LogP contribution in [0, 0.1) is 20.8 Å². The molecule has 1 aromatic heterocycles. The first-order valence-electron chi connectivity index (χ1n) is 5.64. The van der Waals surface area contributed by atoms with Gasteiger partial charge in [-0.25, -0.2) is 9.97 Å². The maximum Gasteiger partial charge on any atom is 0.188 e. The van der Waals surface area contributed by atoms with Crippen molar-refractivity contribution in [2.24, 2.45) is 0 Å². The SMILES string of the molecule is Cc1cccc(CSc2nc(C)cc(C)n2)c1. The minimum Gasteiger partial charge on any atom is -0.228 e. The van der Waals surface area contributed by atoms with E-state index in [0.29, 0.717) is 0 Å². The highest BCUT2D eigenvalue weighted by Crippen LogP contribution is 2.20. The van der Waals surface area contributed by atoms with Gasteiger partial charge in [-0.05, 0) is 32.4 Å². The molecule has 0 spiro atoms. The average molecular weight is 244 g/mol. The Balaban J connectivity index is 2.07. The molecular weight excluding hydrogens is 228 g/mol. The summed E-state index contributed by atoms with van der Waals surface area (Å²) < 4.78 is 0. The summed E-state index contributed by atoms with van der Waals surface area (Å²) in [6, 6.07) is 10.5. The molecule has 0 N–H and O–H groups in total. The third-order valence-corrected chi connectivity index (χ3v) is 3.33. The molecule has 17 heavy (non-hydrogen) atoms. The first kappa shape index (κ1) is 12.1. The molecule has 0 atom stereocenters. The van der Waals surface area contributed by atoms with E-state index in [1.807, 2.05) is 19.9 Å². The van der Waals surface area contributed by atoms with E-state index in [1.54, 1.807) is 11.8 Å². The van der Waals surface area contributed by atoms with E-state index in [1.165, 1.54) is 11.1 Å². The van der Waals surface area contributed by atoms with Crippen molar-refractivity contribution in [3.05, 3.63) is 52.8 Å². The second kappa shape index (κ2) is 5.32. The fourth-order valence-corrected chi connectivity index (χ4v) is 2.60. The Kier molecular flexibility index (Phi) is 3.79. The fraction of sp³-hybridized carbons (Fsp3) is 0.286. The van der Waals surface area contributed by atoms with Crippen LogP contribution in [-0.4, -0.2) is 9.97 Å². The van der Waals surface area contributed by atoms with Crippen molar-refractivity contribution in [3.63, 3.8) is 0 Å². The molecule has 0 saturated carbocycles. The molecule has 0 radical (unpaired) electrons. The van der Waals surface area contributed by atoms with Gasteiger partial charge in [0.2, 0.25) is 0 Å². The topological polar surface area (TPSA) is 25.8 Å². The van der Waals surface area contributed by atoms with E-state index >= 15 is 0 Å². The Morgan fingerprint density at radius 2 is 1.71 bits per heavy atom. The van der Waals surface area contributed by atoms with Crippen LogP contribution in [0.5, 0.6) is 0 Å². The average Bonchev–Trinajstić information content (AvgIpc) is 2.25. The van der Waals surface area contributed by atoms with Gasteiger partial charge in [-0.1, -0.05) is 41.6 Å². The highest BCUT2D eigenvalue weighted by atomic mass is 32.2. The predicted octanol–water partition coefficient (Wildman–Crippen LogP) is 3.69. The number of aryl methyl sites for hydroxylation is 3. The van der Waals surface area contributed by atoms with Crippen molar-refractivity contribution in [2.75, 3.05) is 0 Å². The van der Waals surface area contributed by atoms with Crippen LogP contribution in [-0.2, 0) is 5.75 Å². The second-order valence-electron chi connectivity index (χ2n) is 4.21. The normalized spacial score (nSPS) is 10.5. The highest BCUT2D eigenvalue weighted by Gasteiger charge is 2.01. The highest BCUT2D eigenvalue weighted by molar-refractivity contribution is 7.98. The molecule has 2 nitrogen and oxygen atoms in total. The molecule has 0 aliphatic heterocycles. The molecule has 0 unspecified atom stereocenters. The van der Waals surface area contributed by atoms with E-state index in [2.05, 4.69) is 41.2 Å². The van der Waals surface area contributed by atoms with Gasteiger partial charge in [0, 0.05) is 17.1 Å². The van der Waals surface area contributed by atoms with E-state index in [4.69, 9.17) is 0 Å². The molecule has 1 aromatic carbocycles. The lowest BCUT2D eigenvalue weighted by Gasteiger charge is -2.04. The Morgan fingerprint density at radius 3 is 2.35 bits per heavy atom. The summed E-state index contributed by atoms with van der Waals surface area (Å²) in [6.07, 6.45) is 0. The van der Waals surface area contributed by atoms with Crippen molar-refractivity contribution in [3.8, 4) is 0 Å². The van der Waals surface area contributed by atoms with Crippen molar-refractivity contribution in [2.45, 2.75) is 31.7 Å².